The van der Waals surface area contributed by atoms with E-state index in [-0.39, 0.29) is 11.7 Å². The summed E-state index contributed by atoms with van der Waals surface area (Å²) in [5.74, 6) is -2.15. The molecule has 7 nitrogen and oxygen atoms in total. The minimum Gasteiger partial charge on any atom is -0.479 e. The Balaban J connectivity index is 2.68. The third-order valence-corrected chi connectivity index (χ3v) is 2.81. The van der Waals surface area contributed by atoms with Gasteiger partial charge in [0.05, 0.1) is 0 Å². The predicted octanol–water partition coefficient (Wildman–Crippen LogP) is 1.36. The van der Waals surface area contributed by atoms with Crippen LogP contribution in [-0.4, -0.2) is 30.1 Å². The van der Waals surface area contributed by atoms with Gasteiger partial charge in [0, 0.05) is 0 Å². The summed E-state index contributed by atoms with van der Waals surface area (Å²) in [6, 6.07) is 4.06. The van der Waals surface area contributed by atoms with E-state index < -0.39 is 35.9 Å². The average Bonchev–Trinajstić information content (AvgIpc) is 2.45. The molecule has 0 saturated carbocycles. The van der Waals surface area contributed by atoms with Crippen molar-refractivity contribution >= 4 is 17.9 Å². The van der Waals surface area contributed by atoms with Crippen molar-refractivity contribution in [3.63, 3.8) is 0 Å². The van der Waals surface area contributed by atoms with Gasteiger partial charge in [-0.1, -0.05) is 13.8 Å². The Morgan fingerprint density at radius 2 is 1.70 bits per heavy atom. The van der Waals surface area contributed by atoms with Crippen LogP contribution in [0.4, 0.5) is 9.18 Å². The number of hydrogen-bond acceptors (Lipinski definition) is 5. The third kappa shape index (κ3) is 5.93. The van der Waals surface area contributed by atoms with Crippen molar-refractivity contribution in [2.75, 3.05) is 0 Å². The Kier molecular flexibility index (Phi) is 6.49. The van der Waals surface area contributed by atoms with Crippen LogP contribution in [0.15, 0.2) is 24.3 Å². The van der Waals surface area contributed by atoms with Crippen LogP contribution in [-0.2, 0) is 14.3 Å². The molecule has 8 heteroatoms. The molecule has 0 heterocycles. The molecule has 1 rings (SSSR count). The summed E-state index contributed by atoms with van der Waals surface area (Å²) in [6.07, 6.45) is -2.21. The standard InChI is InChI=1S/C15H19FN2O5/c1-8(2)12(13(19)18-15(17)21)23-14(20)9(3)22-11-6-4-10(16)5-7-11/h4-9,12H,1-3H3,(H3,17,18,19,21)/t9-,12-/m0/s1. The van der Waals surface area contributed by atoms with Gasteiger partial charge in [-0.25, -0.2) is 14.0 Å². The van der Waals surface area contributed by atoms with E-state index in [0.717, 1.165) is 0 Å². The molecule has 2 atom stereocenters. The van der Waals surface area contributed by atoms with Crippen LogP contribution in [0.25, 0.3) is 0 Å². The van der Waals surface area contributed by atoms with Crippen molar-refractivity contribution in [1.82, 2.24) is 5.32 Å². The summed E-state index contributed by atoms with van der Waals surface area (Å²) in [5.41, 5.74) is 4.87. The van der Waals surface area contributed by atoms with Crippen molar-refractivity contribution in [3.8, 4) is 5.75 Å². The van der Waals surface area contributed by atoms with Gasteiger partial charge >= 0.3 is 12.0 Å². The fourth-order valence-corrected chi connectivity index (χ4v) is 1.67. The van der Waals surface area contributed by atoms with Crippen molar-refractivity contribution < 1.29 is 28.2 Å². The number of carbonyl (C=O) groups is 3. The summed E-state index contributed by atoms with van der Waals surface area (Å²) in [5, 5.41) is 1.86. The Morgan fingerprint density at radius 1 is 1.13 bits per heavy atom. The van der Waals surface area contributed by atoms with Crippen LogP contribution < -0.4 is 15.8 Å². The largest absolute Gasteiger partial charge is 0.479 e. The number of amides is 3. The zero-order chi connectivity index (χ0) is 17.6. The summed E-state index contributed by atoms with van der Waals surface area (Å²) in [6.45, 7) is 4.71. The molecule has 0 aliphatic carbocycles. The monoisotopic (exact) mass is 326 g/mol. The Morgan fingerprint density at radius 3 is 2.17 bits per heavy atom. The molecule has 0 radical (unpaired) electrons. The fraction of sp³-hybridized carbons (Fsp3) is 0.400. The number of hydrogen-bond donors (Lipinski definition) is 2. The van der Waals surface area contributed by atoms with Crippen LogP contribution in [0.5, 0.6) is 5.75 Å². The maximum absolute atomic E-state index is 12.8. The lowest BCUT2D eigenvalue weighted by atomic mass is 10.1. The van der Waals surface area contributed by atoms with Crippen LogP contribution in [0, 0.1) is 11.7 Å². The highest BCUT2D eigenvalue weighted by Gasteiger charge is 2.30. The molecule has 0 aliphatic heterocycles. The van der Waals surface area contributed by atoms with E-state index in [1.165, 1.54) is 31.2 Å². The number of esters is 1. The number of imide groups is 1. The van der Waals surface area contributed by atoms with Gasteiger partial charge in [-0.05, 0) is 37.1 Å². The minimum absolute atomic E-state index is 0.276. The zero-order valence-electron chi connectivity index (χ0n) is 13.0. The zero-order valence-corrected chi connectivity index (χ0v) is 13.0. The molecule has 0 fully saturated rings. The molecular formula is C15H19FN2O5. The Hall–Kier alpha value is -2.64. The molecule has 0 aromatic heterocycles. The summed E-state index contributed by atoms with van der Waals surface area (Å²) < 4.78 is 23.2. The van der Waals surface area contributed by atoms with E-state index in [0.29, 0.717) is 0 Å². The highest BCUT2D eigenvalue weighted by atomic mass is 19.1. The molecule has 0 bridgehead atoms. The number of urea groups is 1. The second kappa shape index (κ2) is 8.11. The van der Waals surface area contributed by atoms with Crippen LogP contribution in [0.2, 0.25) is 0 Å². The quantitative estimate of drug-likeness (QED) is 0.767. The Bertz CT molecular complexity index is 574. The fourth-order valence-electron chi connectivity index (χ4n) is 1.67. The van der Waals surface area contributed by atoms with Crippen molar-refractivity contribution in [2.24, 2.45) is 11.7 Å². The van der Waals surface area contributed by atoms with Gasteiger partial charge in [0.1, 0.15) is 11.6 Å². The topological polar surface area (TPSA) is 108 Å². The molecule has 23 heavy (non-hydrogen) atoms. The van der Waals surface area contributed by atoms with Gasteiger partial charge in [0.15, 0.2) is 12.2 Å². The number of ether oxygens (including phenoxy) is 2. The Labute approximate surface area is 132 Å². The summed E-state index contributed by atoms with van der Waals surface area (Å²) in [4.78, 5) is 34.5. The van der Waals surface area contributed by atoms with Crippen LogP contribution in [0.1, 0.15) is 20.8 Å². The third-order valence-electron chi connectivity index (χ3n) is 2.81. The number of rotatable bonds is 6. The van der Waals surface area contributed by atoms with Gasteiger partial charge in [-0.15, -0.1) is 0 Å². The van der Waals surface area contributed by atoms with Gasteiger partial charge in [-0.2, -0.15) is 0 Å². The second-order valence-electron chi connectivity index (χ2n) is 5.17. The van der Waals surface area contributed by atoms with Gasteiger partial charge < -0.3 is 15.2 Å². The van der Waals surface area contributed by atoms with Crippen molar-refractivity contribution in [2.45, 2.75) is 33.0 Å². The molecule has 126 valence electrons. The average molecular weight is 326 g/mol. The first kappa shape index (κ1) is 18.4. The number of nitrogens with two attached hydrogens (primary N) is 1. The lowest BCUT2D eigenvalue weighted by Crippen LogP contribution is -2.46. The normalized spacial score (nSPS) is 13.1. The first-order valence-electron chi connectivity index (χ1n) is 6.93. The number of halogens is 1. The van der Waals surface area contributed by atoms with E-state index in [4.69, 9.17) is 15.2 Å². The summed E-state index contributed by atoms with van der Waals surface area (Å²) >= 11 is 0. The predicted molar refractivity (Wildman–Crippen MR) is 78.9 cm³/mol. The highest BCUT2D eigenvalue weighted by Crippen LogP contribution is 2.15. The minimum atomic E-state index is -1.19. The smallest absolute Gasteiger partial charge is 0.347 e. The first-order valence-corrected chi connectivity index (χ1v) is 6.93. The molecule has 3 amide bonds. The van der Waals surface area contributed by atoms with Crippen LogP contribution in [0.3, 0.4) is 0 Å². The van der Waals surface area contributed by atoms with Crippen molar-refractivity contribution in [3.05, 3.63) is 30.1 Å². The van der Waals surface area contributed by atoms with Gasteiger partial charge in [0.25, 0.3) is 5.91 Å². The molecular weight excluding hydrogens is 307 g/mol. The van der Waals surface area contributed by atoms with Gasteiger partial charge in [-0.3, -0.25) is 10.1 Å². The molecule has 1 aromatic rings. The molecule has 0 aliphatic rings. The SMILES string of the molecule is CC(C)[C@H](OC(=O)[C@H](C)Oc1ccc(F)cc1)C(=O)NC(N)=O. The highest BCUT2D eigenvalue weighted by molar-refractivity contribution is 5.96. The van der Waals surface area contributed by atoms with E-state index in [1.54, 1.807) is 13.8 Å². The second-order valence-corrected chi connectivity index (χ2v) is 5.17. The number of carbonyl (C=O) groups excluding carboxylic acids is 3. The van der Waals surface area contributed by atoms with E-state index >= 15 is 0 Å². The lowest BCUT2D eigenvalue weighted by Gasteiger charge is -2.22. The molecule has 0 unspecified atom stereocenters. The molecule has 0 spiro atoms. The molecule has 1 aromatic carbocycles. The maximum Gasteiger partial charge on any atom is 0.347 e. The summed E-state index contributed by atoms with van der Waals surface area (Å²) in [7, 11) is 0. The van der Waals surface area contributed by atoms with E-state index in [1.807, 2.05) is 5.32 Å². The van der Waals surface area contributed by atoms with E-state index in [9.17, 15) is 18.8 Å². The van der Waals surface area contributed by atoms with Crippen molar-refractivity contribution in [1.29, 1.82) is 0 Å². The van der Waals surface area contributed by atoms with Gasteiger partial charge in [0.2, 0.25) is 0 Å². The molecule has 3 N–H and O–H groups in total. The lowest BCUT2D eigenvalue weighted by molar-refractivity contribution is -0.164. The number of primary amides is 1. The molecule has 0 saturated heterocycles. The van der Waals surface area contributed by atoms with E-state index in [2.05, 4.69) is 0 Å². The number of nitrogens with one attached hydrogen (secondary N) is 1. The first-order chi connectivity index (χ1) is 10.7. The van der Waals surface area contributed by atoms with Crippen LogP contribution >= 0.6 is 0 Å². The number of benzene rings is 1. The maximum atomic E-state index is 12.8.